The summed E-state index contributed by atoms with van der Waals surface area (Å²) < 4.78 is 0. The molecular weight excluding hydrogens is 258 g/mol. The maximum atomic E-state index is 4.40. The second-order valence-electron chi connectivity index (χ2n) is 6.23. The van der Waals surface area contributed by atoms with Gasteiger partial charge in [0, 0.05) is 36.4 Å². The summed E-state index contributed by atoms with van der Waals surface area (Å²) >= 11 is 0. The fourth-order valence-electron chi connectivity index (χ4n) is 3.51. The third-order valence-electron chi connectivity index (χ3n) is 4.90. The number of benzene rings is 1. The van der Waals surface area contributed by atoms with Crippen LogP contribution >= 0.6 is 0 Å². The van der Waals surface area contributed by atoms with E-state index in [4.69, 9.17) is 0 Å². The van der Waals surface area contributed by atoms with E-state index in [2.05, 4.69) is 53.6 Å². The number of nitrogens with zero attached hydrogens (tertiary/aromatic N) is 2. The van der Waals surface area contributed by atoms with Crippen LogP contribution in [0.4, 0.5) is 0 Å². The van der Waals surface area contributed by atoms with Crippen molar-refractivity contribution in [2.45, 2.75) is 44.3 Å². The van der Waals surface area contributed by atoms with E-state index in [0.717, 1.165) is 6.54 Å². The number of rotatable bonds is 4. The van der Waals surface area contributed by atoms with Crippen molar-refractivity contribution in [2.24, 2.45) is 0 Å². The van der Waals surface area contributed by atoms with Gasteiger partial charge in [0.25, 0.3) is 0 Å². The first-order valence-electron chi connectivity index (χ1n) is 7.97. The lowest BCUT2D eigenvalue weighted by atomic mass is 9.90. The lowest BCUT2D eigenvalue weighted by molar-refractivity contribution is 0.170. The standard InChI is InChI=1S/C18H25N3/c1-19-16-7-9-17(10-8-16)21(2)13-15-12-20-11-14-5-3-4-6-18(14)15/h3-6,11-12,16-17,19H,7-10,13H2,1-2H3. The predicted octanol–water partition coefficient (Wildman–Crippen LogP) is 3.20. The van der Waals surface area contributed by atoms with Crippen molar-refractivity contribution in [3.63, 3.8) is 0 Å². The molecule has 1 aliphatic carbocycles. The fraction of sp³-hybridized carbons (Fsp3) is 0.500. The summed E-state index contributed by atoms with van der Waals surface area (Å²) in [6.07, 6.45) is 9.15. The van der Waals surface area contributed by atoms with E-state index in [0.29, 0.717) is 12.1 Å². The molecule has 3 rings (SSSR count). The molecule has 1 fully saturated rings. The highest BCUT2D eigenvalue weighted by atomic mass is 15.1. The van der Waals surface area contributed by atoms with Gasteiger partial charge in [0.05, 0.1) is 0 Å². The van der Waals surface area contributed by atoms with E-state index in [1.54, 1.807) is 0 Å². The van der Waals surface area contributed by atoms with Crippen LogP contribution in [-0.2, 0) is 6.54 Å². The predicted molar refractivity (Wildman–Crippen MR) is 88.3 cm³/mol. The van der Waals surface area contributed by atoms with Crippen LogP contribution in [0.25, 0.3) is 10.8 Å². The van der Waals surface area contributed by atoms with Gasteiger partial charge >= 0.3 is 0 Å². The molecular formula is C18H25N3. The van der Waals surface area contributed by atoms with Crippen LogP contribution in [0.1, 0.15) is 31.2 Å². The zero-order valence-electron chi connectivity index (χ0n) is 13.0. The number of hydrogen-bond acceptors (Lipinski definition) is 3. The van der Waals surface area contributed by atoms with Crippen LogP contribution in [-0.4, -0.2) is 36.1 Å². The molecule has 0 radical (unpaired) electrons. The van der Waals surface area contributed by atoms with Gasteiger partial charge in [-0.2, -0.15) is 0 Å². The van der Waals surface area contributed by atoms with Gasteiger partial charge in [0.15, 0.2) is 0 Å². The third-order valence-corrected chi connectivity index (χ3v) is 4.90. The summed E-state index contributed by atoms with van der Waals surface area (Å²) in [6.45, 7) is 0.989. The molecule has 0 saturated heterocycles. The van der Waals surface area contributed by atoms with E-state index in [1.165, 1.54) is 42.0 Å². The summed E-state index contributed by atoms with van der Waals surface area (Å²) in [7, 11) is 4.34. The van der Waals surface area contributed by atoms with Crippen LogP contribution in [0.5, 0.6) is 0 Å². The number of aromatic nitrogens is 1. The molecule has 0 bridgehead atoms. The molecule has 1 heterocycles. The Balaban J connectivity index is 1.70. The molecule has 1 aliphatic rings. The molecule has 1 aromatic carbocycles. The van der Waals surface area contributed by atoms with Crippen LogP contribution in [0.3, 0.4) is 0 Å². The molecule has 0 unspecified atom stereocenters. The van der Waals surface area contributed by atoms with Gasteiger partial charge in [-0.1, -0.05) is 24.3 Å². The maximum Gasteiger partial charge on any atom is 0.0346 e. The lowest BCUT2D eigenvalue weighted by Crippen LogP contribution is -2.39. The molecule has 0 aliphatic heterocycles. The molecule has 1 N–H and O–H groups in total. The lowest BCUT2D eigenvalue weighted by Gasteiger charge is -2.34. The zero-order valence-corrected chi connectivity index (χ0v) is 13.0. The Morgan fingerprint density at radius 2 is 1.90 bits per heavy atom. The van der Waals surface area contributed by atoms with Crippen molar-refractivity contribution in [2.75, 3.05) is 14.1 Å². The topological polar surface area (TPSA) is 28.2 Å². The van der Waals surface area contributed by atoms with E-state index in [9.17, 15) is 0 Å². The minimum atomic E-state index is 0.702. The molecule has 0 atom stereocenters. The minimum Gasteiger partial charge on any atom is -0.317 e. The maximum absolute atomic E-state index is 4.40. The Bertz CT molecular complexity index is 583. The van der Waals surface area contributed by atoms with Crippen LogP contribution in [0, 0.1) is 0 Å². The summed E-state index contributed by atoms with van der Waals surface area (Å²) in [5.74, 6) is 0. The average Bonchev–Trinajstić information content (AvgIpc) is 2.55. The van der Waals surface area contributed by atoms with Crippen molar-refractivity contribution in [3.05, 3.63) is 42.2 Å². The summed E-state index contributed by atoms with van der Waals surface area (Å²) in [4.78, 5) is 6.91. The van der Waals surface area contributed by atoms with E-state index >= 15 is 0 Å². The second-order valence-corrected chi connectivity index (χ2v) is 6.23. The molecule has 1 aromatic heterocycles. The van der Waals surface area contributed by atoms with E-state index in [1.807, 2.05) is 12.4 Å². The molecule has 3 nitrogen and oxygen atoms in total. The number of fused-ring (bicyclic) bond motifs is 1. The van der Waals surface area contributed by atoms with Crippen LogP contribution in [0.2, 0.25) is 0 Å². The molecule has 2 aromatic rings. The largest absolute Gasteiger partial charge is 0.317 e. The van der Waals surface area contributed by atoms with Crippen LogP contribution in [0.15, 0.2) is 36.7 Å². The van der Waals surface area contributed by atoms with Crippen molar-refractivity contribution < 1.29 is 0 Å². The molecule has 3 heteroatoms. The molecule has 0 spiro atoms. The zero-order chi connectivity index (χ0) is 14.7. The molecule has 21 heavy (non-hydrogen) atoms. The quantitative estimate of drug-likeness (QED) is 0.934. The minimum absolute atomic E-state index is 0.702. The van der Waals surface area contributed by atoms with Gasteiger partial charge < -0.3 is 5.32 Å². The number of nitrogens with one attached hydrogen (secondary N) is 1. The van der Waals surface area contributed by atoms with Gasteiger partial charge in [-0.15, -0.1) is 0 Å². The highest BCUT2D eigenvalue weighted by Crippen LogP contribution is 2.25. The Kier molecular flexibility index (Phi) is 4.51. The molecule has 112 valence electrons. The summed E-state index contributed by atoms with van der Waals surface area (Å²) in [5, 5.41) is 5.98. The average molecular weight is 283 g/mol. The smallest absolute Gasteiger partial charge is 0.0346 e. The first-order chi connectivity index (χ1) is 10.3. The highest BCUT2D eigenvalue weighted by Gasteiger charge is 2.23. The first kappa shape index (κ1) is 14.5. The Morgan fingerprint density at radius 1 is 1.14 bits per heavy atom. The van der Waals surface area contributed by atoms with Gasteiger partial charge in [0.2, 0.25) is 0 Å². The van der Waals surface area contributed by atoms with Crippen molar-refractivity contribution in [1.29, 1.82) is 0 Å². The monoisotopic (exact) mass is 283 g/mol. The number of hydrogen-bond donors (Lipinski definition) is 1. The van der Waals surface area contributed by atoms with Crippen molar-refractivity contribution >= 4 is 10.8 Å². The Morgan fingerprint density at radius 3 is 2.67 bits per heavy atom. The van der Waals surface area contributed by atoms with Gasteiger partial charge in [0.1, 0.15) is 0 Å². The SMILES string of the molecule is CNC1CCC(N(C)Cc2cncc3ccccc23)CC1. The Hall–Kier alpha value is -1.45. The fourth-order valence-corrected chi connectivity index (χ4v) is 3.51. The van der Waals surface area contributed by atoms with Gasteiger partial charge in [-0.05, 0) is 50.7 Å². The van der Waals surface area contributed by atoms with E-state index < -0.39 is 0 Å². The van der Waals surface area contributed by atoms with Crippen LogP contribution < -0.4 is 5.32 Å². The third kappa shape index (κ3) is 3.25. The van der Waals surface area contributed by atoms with E-state index in [-0.39, 0.29) is 0 Å². The summed E-state index contributed by atoms with van der Waals surface area (Å²) in [5.41, 5.74) is 1.34. The van der Waals surface area contributed by atoms with Gasteiger partial charge in [-0.25, -0.2) is 0 Å². The Labute approximate surface area is 127 Å². The first-order valence-corrected chi connectivity index (χ1v) is 7.97. The van der Waals surface area contributed by atoms with Crippen molar-refractivity contribution in [1.82, 2.24) is 15.2 Å². The van der Waals surface area contributed by atoms with Crippen molar-refractivity contribution in [3.8, 4) is 0 Å². The normalized spacial score (nSPS) is 22.8. The molecule has 0 amide bonds. The highest BCUT2D eigenvalue weighted by molar-refractivity contribution is 5.84. The number of pyridine rings is 1. The molecule has 1 saturated carbocycles. The van der Waals surface area contributed by atoms with Gasteiger partial charge in [-0.3, -0.25) is 9.88 Å². The summed E-state index contributed by atoms with van der Waals surface area (Å²) in [6, 6.07) is 9.96. The second kappa shape index (κ2) is 6.54.